The van der Waals surface area contributed by atoms with Crippen LogP contribution in [0.25, 0.3) is 10.8 Å². The first kappa shape index (κ1) is 10.0. The van der Waals surface area contributed by atoms with Gasteiger partial charge in [-0.15, -0.1) is 23.2 Å². The molecule has 0 fully saturated rings. The lowest BCUT2D eigenvalue weighted by Gasteiger charge is -2.16. The summed E-state index contributed by atoms with van der Waals surface area (Å²) in [6.45, 7) is 0. The molecule has 0 bridgehead atoms. The third kappa shape index (κ3) is 1.80. The van der Waals surface area contributed by atoms with Crippen molar-refractivity contribution in [3.8, 4) is 0 Å². The zero-order valence-electron chi connectivity index (χ0n) is 7.30. The van der Waals surface area contributed by atoms with Gasteiger partial charge in [0.1, 0.15) is 3.96 Å². The predicted octanol–water partition coefficient (Wildman–Crippen LogP) is 3.60. The minimum atomic E-state index is -1.03. The van der Waals surface area contributed by atoms with Crippen molar-refractivity contribution in [2.75, 3.05) is 0 Å². The molecule has 2 rings (SSSR count). The molecule has 0 saturated carbocycles. The van der Waals surface area contributed by atoms with Gasteiger partial charge in [-0.2, -0.15) is 0 Å². The number of alkyl halides is 2. The predicted molar refractivity (Wildman–Crippen MR) is 63.1 cm³/mol. The Bertz CT molecular complexity index is 455. The third-order valence-corrected chi connectivity index (χ3v) is 2.80. The van der Waals surface area contributed by atoms with Crippen LogP contribution in [0.3, 0.4) is 0 Å². The highest BCUT2D eigenvalue weighted by molar-refractivity contribution is 6.64. The number of halogens is 2. The molecule has 3 radical (unpaired) electrons. The largest absolute Gasteiger partial charge is 0.124 e. The molecule has 14 heavy (non-hydrogen) atoms. The summed E-state index contributed by atoms with van der Waals surface area (Å²) in [5.74, 6) is 0. The topological polar surface area (TPSA) is 0 Å². The molecule has 0 spiro atoms. The SMILES string of the molecule is [Si]C(Cl)(Cl)c1cccc2ccccc12. The molecule has 0 aliphatic heterocycles. The minimum absolute atomic E-state index is 0.871. The number of hydrogen-bond acceptors (Lipinski definition) is 0. The molecular weight excluding hydrogens is 231 g/mol. The van der Waals surface area contributed by atoms with E-state index in [0.29, 0.717) is 0 Å². The highest BCUT2D eigenvalue weighted by Gasteiger charge is 2.21. The van der Waals surface area contributed by atoms with E-state index in [4.69, 9.17) is 23.2 Å². The first-order valence-corrected chi connectivity index (χ1v) is 5.46. The van der Waals surface area contributed by atoms with Crippen molar-refractivity contribution in [1.82, 2.24) is 0 Å². The Balaban J connectivity index is 2.78. The maximum absolute atomic E-state index is 6.02. The fraction of sp³-hybridized carbons (Fsp3) is 0.0909. The van der Waals surface area contributed by atoms with E-state index in [9.17, 15) is 0 Å². The minimum Gasteiger partial charge on any atom is -0.102 e. The lowest BCUT2D eigenvalue weighted by molar-refractivity contribution is 1.27. The van der Waals surface area contributed by atoms with Crippen LogP contribution in [-0.4, -0.2) is 10.2 Å². The Labute approximate surface area is 96.3 Å². The number of rotatable bonds is 1. The van der Waals surface area contributed by atoms with Gasteiger partial charge in [0.05, 0.1) is 10.2 Å². The highest BCUT2D eigenvalue weighted by atomic mass is 35.5. The van der Waals surface area contributed by atoms with Gasteiger partial charge < -0.3 is 0 Å². The molecule has 0 unspecified atom stereocenters. The second kappa shape index (κ2) is 3.57. The van der Waals surface area contributed by atoms with Crippen molar-refractivity contribution in [2.24, 2.45) is 0 Å². The Morgan fingerprint density at radius 1 is 0.929 bits per heavy atom. The molecule has 0 heterocycles. The van der Waals surface area contributed by atoms with E-state index in [1.807, 2.05) is 42.5 Å². The molecule has 0 atom stereocenters. The van der Waals surface area contributed by atoms with E-state index in [1.165, 1.54) is 0 Å². The normalized spacial score (nSPS) is 11.9. The molecule has 0 amide bonds. The first-order valence-electron chi connectivity index (χ1n) is 4.20. The van der Waals surface area contributed by atoms with E-state index in [0.717, 1.165) is 16.3 Å². The van der Waals surface area contributed by atoms with E-state index in [1.54, 1.807) is 0 Å². The van der Waals surface area contributed by atoms with Gasteiger partial charge in [0.2, 0.25) is 0 Å². The van der Waals surface area contributed by atoms with E-state index in [2.05, 4.69) is 10.2 Å². The molecule has 3 heteroatoms. The summed E-state index contributed by atoms with van der Waals surface area (Å²) in [5, 5.41) is 2.20. The smallest absolute Gasteiger partial charge is 0.102 e. The van der Waals surface area contributed by atoms with Gasteiger partial charge >= 0.3 is 0 Å². The standard InChI is InChI=1S/C11H7Cl2Si/c12-11(13,14)10-7-3-5-8-4-1-2-6-9(8)10/h1-7H. The van der Waals surface area contributed by atoms with Crippen molar-refractivity contribution in [1.29, 1.82) is 0 Å². The summed E-state index contributed by atoms with van der Waals surface area (Å²) in [6.07, 6.45) is 0. The number of benzene rings is 2. The Hall–Kier alpha value is -0.503. The Morgan fingerprint density at radius 3 is 2.29 bits per heavy atom. The van der Waals surface area contributed by atoms with Gasteiger partial charge in [0.15, 0.2) is 0 Å². The van der Waals surface area contributed by atoms with Gasteiger partial charge in [-0.25, -0.2) is 0 Å². The lowest BCUT2D eigenvalue weighted by atomic mass is 10.1. The molecule has 2 aromatic carbocycles. The first-order chi connectivity index (χ1) is 6.59. The average molecular weight is 238 g/mol. The zero-order valence-corrected chi connectivity index (χ0v) is 9.81. The van der Waals surface area contributed by atoms with Crippen LogP contribution in [-0.2, 0) is 3.96 Å². The zero-order chi connectivity index (χ0) is 10.2. The number of fused-ring (bicyclic) bond motifs is 1. The molecule has 2 aromatic rings. The second-order valence-corrected chi connectivity index (χ2v) is 5.81. The maximum Gasteiger partial charge on any atom is 0.124 e. The van der Waals surface area contributed by atoms with E-state index in [-0.39, 0.29) is 0 Å². The van der Waals surface area contributed by atoms with Crippen LogP contribution in [0, 0.1) is 0 Å². The molecule has 0 aromatic heterocycles. The molecule has 69 valence electrons. The second-order valence-electron chi connectivity index (χ2n) is 3.10. The molecular formula is C11H7Cl2Si. The van der Waals surface area contributed by atoms with Crippen molar-refractivity contribution >= 4 is 44.2 Å². The van der Waals surface area contributed by atoms with Crippen molar-refractivity contribution < 1.29 is 0 Å². The van der Waals surface area contributed by atoms with Crippen LogP contribution in [0.5, 0.6) is 0 Å². The maximum atomic E-state index is 6.02. The van der Waals surface area contributed by atoms with Crippen molar-refractivity contribution in [3.05, 3.63) is 48.0 Å². The Kier molecular flexibility index (Phi) is 2.56. The lowest BCUT2D eigenvalue weighted by Crippen LogP contribution is -2.09. The third-order valence-electron chi connectivity index (χ3n) is 2.13. The van der Waals surface area contributed by atoms with Crippen LogP contribution in [0.1, 0.15) is 5.56 Å². The van der Waals surface area contributed by atoms with Crippen molar-refractivity contribution in [3.63, 3.8) is 0 Å². The van der Waals surface area contributed by atoms with Crippen LogP contribution in [0.4, 0.5) is 0 Å². The van der Waals surface area contributed by atoms with Crippen LogP contribution in [0.2, 0.25) is 0 Å². The van der Waals surface area contributed by atoms with E-state index >= 15 is 0 Å². The summed E-state index contributed by atoms with van der Waals surface area (Å²) in [7, 11) is 3.29. The van der Waals surface area contributed by atoms with Crippen LogP contribution in [0.15, 0.2) is 42.5 Å². The summed E-state index contributed by atoms with van der Waals surface area (Å²) in [5.41, 5.74) is 0.871. The number of hydrogen-bond donors (Lipinski definition) is 0. The summed E-state index contributed by atoms with van der Waals surface area (Å²) < 4.78 is -1.03. The molecule has 0 nitrogen and oxygen atoms in total. The van der Waals surface area contributed by atoms with Gasteiger partial charge in [-0.3, -0.25) is 0 Å². The molecule has 0 N–H and O–H groups in total. The highest BCUT2D eigenvalue weighted by Crippen LogP contribution is 2.34. The van der Waals surface area contributed by atoms with Crippen molar-refractivity contribution in [2.45, 2.75) is 3.96 Å². The van der Waals surface area contributed by atoms with Gasteiger partial charge in [0.25, 0.3) is 0 Å². The molecule has 0 saturated heterocycles. The monoisotopic (exact) mass is 237 g/mol. The molecule has 0 aliphatic carbocycles. The summed E-state index contributed by atoms with van der Waals surface area (Å²) >= 11 is 12.0. The fourth-order valence-corrected chi connectivity index (χ4v) is 2.05. The summed E-state index contributed by atoms with van der Waals surface area (Å²) in [4.78, 5) is 0. The average Bonchev–Trinajstić information content (AvgIpc) is 2.15. The Morgan fingerprint density at radius 2 is 1.57 bits per heavy atom. The van der Waals surface area contributed by atoms with Gasteiger partial charge in [-0.05, 0) is 16.3 Å². The van der Waals surface area contributed by atoms with Crippen LogP contribution >= 0.6 is 23.2 Å². The van der Waals surface area contributed by atoms with Crippen LogP contribution < -0.4 is 0 Å². The quantitative estimate of drug-likeness (QED) is 0.526. The van der Waals surface area contributed by atoms with Gasteiger partial charge in [-0.1, -0.05) is 42.5 Å². The summed E-state index contributed by atoms with van der Waals surface area (Å²) in [6, 6.07) is 13.9. The van der Waals surface area contributed by atoms with Gasteiger partial charge in [0, 0.05) is 0 Å². The fourth-order valence-electron chi connectivity index (χ4n) is 1.50. The molecule has 0 aliphatic rings. The van der Waals surface area contributed by atoms with E-state index < -0.39 is 3.96 Å².